The summed E-state index contributed by atoms with van der Waals surface area (Å²) >= 11 is 5.32. The fourth-order valence-electron chi connectivity index (χ4n) is 2.63. The lowest BCUT2D eigenvalue weighted by Crippen LogP contribution is -2.41. The molecule has 0 aromatic carbocycles. The molecule has 2 rings (SSSR count). The molecule has 17 heavy (non-hydrogen) atoms. The predicted octanol–water partition coefficient (Wildman–Crippen LogP) is 3.71. The fraction of sp³-hybridized carbons (Fsp3) is 0.615. The van der Waals surface area contributed by atoms with Crippen molar-refractivity contribution in [1.29, 1.82) is 0 Å². The molecule has 4 heteroatoms. The van der Waals surface area contributed by atoms with Gasteiger partial charge in [0.1, 0.15) is 0 Å². The average Bonchev–Trinajstić information content (AvgIpc) is 2.57. The van der Waals surface area contributed by atoms with Crippen molar-refractivity contribution in [2.75, 3.05) is 7.05 Å². The molecule has 0 aliphatic heterocycles. The third-order valence-electron chi connectivity index (χ3n) is 3.57. The van der Waals surface area contributed by atoms with Gasteiger partial charge in [-0.05, 0) is 53.4 Å². The van der Waals surface area contributed by atoms with E-state index in [9.17, 15) is 0 Å². The molecular weight excluding hydrogens is 296 g/mol. The van der Waals surface area contributed by atoms with Crippen molar-refractivity contribution < 1.29 is 0 Å². The van der Waals surface area contributed by atoms with E-state index in [0.717, 1.165) is 9.50 Å². The van der Waals surface area contributed by atoms with Gasteiger partial charge in [-0.3, -0.25) is 0 Å². The van der Waals surface area contributed by atoms with Crippen LogP contribution in [0.15, 0.2) is 27.8 Å². The summed E-state index contributed by atoms with van der Waals surface area (Å²) in [5, 5.41) is 5.23. The summed E-state index contributed by atoms with van der Waals surface area (Å²) in [5.41, 5.74) is 0.391. The number of hydrogen-bond acceptors (Lipinski definition) is 3. The predicted molar refractivity (Wildman–Crippen MR) is 77.4 cm³/mol. The van der Waals surface area contributed by atoms with Gasteiger partial charge in [-0.2, -0.15) is 0 Å². The van der Waals surface area contributed by atoms with Crippen LogP contribution in [0.25, 0.3) is 0 Å². The summed E-state index contributed by atoms with van der Waals surface area (Å²) in [6.45, 7) is 4.70. The van der Waals surface area contributed by atoms with Gasteiger partial charge < -0.3 is 5.32 Å². The van der Waals surface area contributed by atoms with E-state index in [-0.39, 0.29) is 0 Å². The van der Waals surface area contributed by atoms with Crippen LogP contribution in [-0.2, 0) is 0 Å². The van der Waals surface area contributed by atoms with Crippen LogP contribution >= 0.6 is 27.7 Å². The smallest absolute Gasteiger partial charge is 0.0963 e. The van der Waals surface area contributed by atoms with E-state index in [1.54, 1.807) is 0 Å². The molecule has 0 spiro atoms. The second-order valence-electron chi connectivity index (χ2n) is 5.26. The third kappa shape index (κ3) is 3.04. The highest BCUT2D eigenvalue weighted by molar-refractivity contribution is 9.10. The Morgan fingerprint density at radius 1 is 1.47 bits per heavy atom. The Hall–Kier alpha value is -0.0600. The maximum Gasteiger partial charge on any atom is 0.0963 e. The molecule has 94 valence electrons. The van der Waals surface area contributed by atoms with Gasteiger partial charge in [0.25, 0.3) is 0 Å². The van der Waals surface area contributed by atoms with Crippen molar-refractivity contribution in [3.05, 3.63) is 22.8 Å². The van der Waals surface area contributed by atoms with Crippen LogP contribution in [0.3, 0.4) is 0 Å². The van der Waals surface area contributed by atoms with Crippen LogP contribution in [-0.4, -0.2) is 23.3 Å². The van der Waals surface area contributed by atoms with E-state index in [4.69, 9.17) is 0 Å². The zero-order valence-electron chi connectivity index (χ0n) is 10.5. The van der Waals surface area contributed by atoms with Gasteiger partial charge in [0, 0.05) is 22.0 Å². The summed E-state index contributed by atoms with van der Waals surface area (Å²) < 4.78 is 1.04. The van der Waals surface area contributed by atoms with Crippen molar-refractivity contribution in [1.82, 2.24) is 10.3 Å². The number of halogens is 1. The molecule has 0 saturated heterocycles. The largest absolute Gasteiger partial charge is 0.315 e. The summed E-state index contributed by atoms with van der Waals surface area (Å²) in [7, 11) is 2.07. The van der Waals surface area contributed by atoms with E-state index < -0.39 is 0 Å². The van der Waals surface area contributed by atoms with Gasteiger partial charge in [0.15, 0.2) is 0 Å². The molecule has 1 fully saturated rings. The standard InChI is InChI=1S/C13H19BrN2S/c1-13(2)7-6-10(12(13)15-3)17-11-5-4-9(14)8-16-11/h4-5,8,10,12,15H,6-7H2,1-3H3. The lowest BCUT2D eigenvalue weighted by Gasteiger charge is -2.29. The Labute approximate surface area is 116 Å². The summed E-state index contributed by atoms with van der Waals surface area (Å²) in [6.07, 6.45) is 4.42. The van der Waals surface area contributed by atoms with E-state index in [0.29, 0.717) is 16.7 Å². The second kappa shape index (κ2) is 5.29. The number of nitrogens with zero attached hydrogens (tertiary/aromatic N) is 1. The first-order chi connectivity index (χ1) is 8.03. The minimum absolute atomic E-state index is 0.391. The molecule has 1 N–H and O–H groups in total. The molecule has 1 saturated carbocycles. The van der Waals surface area contributed by atoms with Crippen molar-refractivity contribution >= 4 is 27.7 Å². The highest BCUT2D eigenvalue weighted by Crippen LogP contribution is 2.44. The Bertz CT molecular complexity index is 378. The molecule has 1 aliphatic rings. The highest BCUT2D eigenvalue weighted by atomic mass is 79.9. The number of thioether (sulfide) groups is 1. The summed E-state index contributed by atoms with van der Waals surface area (Å²) in [5.74, 6) is 0. The van der Waals surface area contributed by atoms with E-state index >= 15 is 0 Å². The first kappa shape index (κ1) is 13.4. The van der Waals surface area contributed by atoms with Crippen molar-refractivity contribution in [3.8, 4) is 0 Å². The Kier molecular flexibility index (Phi) is 4.16. The van der Waals surface area contributed by atoms with Crippen molar-refractivity contribution in [3.63, 3.8) is 0 Å². The lowest BCUT2D eigenvalue weighted by atomic mass is 9.87. The van der Waals surface area contributed by atoms with Crippen LogP contribution in [0.5, 0.6) is 0 Å². The quantitative estimate of drug-likeness (QED) is 0.920. The molecule has 0 radical (unpaired) electrons. The molecule has 1 heterocycles. The topological polar surface area (TPSA) is 24.9 Å². The molecule has 1 aromatic heterocycles. The SMILES string of the molecule is CNC1C(Sc2ccc(Br)cn2)CCC1(C)C. The second-order valence-corrected chi connectivity index (χ2v) is 7.44. The van der Waals surface area contributed by atoms with Crippen LogP contribution < -0.4 is 5.32 Å². The molecule has 2 atom stereocenters. The first-order valence-electron chi connectivity index (χ1n) is 5.98. The van der Waals surface area contributed by atoms with E-state index in [1.807, 2.05) is 18.0 Å². The maximum atomic E-state index is 4.45. The number of aromatic nitrogens is 1. The zero-order valence-corrected chi connectivity index (χ0v) is 12.9. The molecule has 1 aliphatic carbocycles. The van der Waals surface area contributed by atoms with E-state index in [1.165, 1.54) is 12.8 Å². The highest BCUT2D eigenvalue weighted by Gasteiger charge is 2.41. The van der Waals surface area contributed by atoms with Crippen molar-refractivity contribution in [2.45, 2.75) is 43.0 Å². The monoisotopic (exact) mass is 314 g/mol. The van der Waals surface area contributed by atoms with Gasteiger partial charge in [0.2, 0.25) is 0 Å². The van der Waals surface area contributed by atoms with Crippen LogP contribution in [0, 0.1) is 5.41 Å². The average molecular weight is 315 g/mol. The molecular formula is C13H19BrN2S. The van der Waals surface area contributed by atoms with Gasteiger partial charge in [-0.25, -0.2) is 4.98 Å². The minimum Gasteiger partial charge on any atom is -0.315 e. The summed E-state index contributed by atoms with van der Waals surface area (Å²) in [6, 6.07) is 4.72. The lowest BCUT2D eigenvalue weighted by molar-refractivity contribution is 0.300. The first-order valence-corrected chi connectivity index (χ1v) is 7.66. The van der Waals surface area contributed by atoms with Crippen LogP contribution in [0.1, 0.15) is 26.7 Å². The van der Waals surface area contributed by atoms with Crippen molar-refractivity contribution in [2.24, 2.45) is 5.41 Å². The minimum atomic E-state index is 0.391. The number of hydrogen-bond donors (Lipinski definition) is 1. The molecule has 0 amide bonds. The normalized spacial score (nSPS) is 27.3. The molecule has 1 aromatic rings. The zero-order chi connectivity index (χ0) is 12.5. The van der Waals surface area contributed by atoms with E-state index in [2.05, 4.69) is 59.3 Å². The van der Waals surface area contributed by atoms with Gasteiger partial charge >= 0.3 is 0 Å². The molecule has 2 unspecified atom stereocenters. The Morgan fingerprint density at radius 2 is 2.24 bits per heavy atom. The fourth-order valence-corrected chi connectivity index (χ4v) is 4.31. The van der Waals surface area contributed by atoms with Gasteiger partial charge in [-0.15, -0.1) is 11.8 Å². The maximum absolute atomic E-state index is 4.45. The van der Waals surface area contributed by atoms with Gasteiger partial charge in [-0.1, -0.05) is 13.8 Å². The van der Waals surface area contributed by atoms with Gasteiger partial charge in [0.05, 0.1) is 5.03 Å². The third-order valence-corrected chi connectivity index (χ3v) is 5.33. The Balaban J connectivity index is 2.07. The van der Waals surface area contributed by atoms with Crippen LogP contribution in [0.4, 0.5) is 0 Å². The number of pyridine rings is 1. The number of rotatable bonds is 3. The Morgan fingerprint density at radius 3 is 2.82 bits per heavy atom. The molecule has 0 bridgehead atoms. The summed E-state index contributed by atoms with van der Waals surface area (Å²) in [4.78, 5) is 4.45. The molecule has 2 nitrogen and oxygen atoms in total. The number of nitrogens with one attached hydrogen (secondary N) is 1. The van der Waals surface area contributed by atoms with Crippen LogP contribution in [0.2, 0.25) is 0 Å².